The SMILES string of the molecule is CCCCCC(C)(C)CNc1nnc(CNC2CC2)o1. The molecule has 0 amide bonds. The smallest absolute Gasteiger partial charge is 0.315 e. The average molecular weight is 280 g/mol. The third kappa shape index (κ3) is 5.49. The molecule has 2 rings (SSSR count). The molecule has 0 atom stereocenters. The zero-order chi connectivity index (χ0) is 14.4. The summed E-state index contributed by atoms with van der Waals surface area (Å²) in [6.45, 7) is 8.34. The van der Waals surface area contributed by atoms with Crippen molar-refractivity contribution >= 4 is 6.01 Å². The monoisotopic (exact) mass is 280 g/mol. The summed E-state index contributed by atoms with van der Waals surface area (Å²) in [4.78, 5) is 0. The number of hydrogen-bond donors (Lipinski definition) is 2. The molecule has 1 aliphatic rings. The van der Waals surface area contributed by atoms with Crippen molar-refractivity contribution in [2.45, 2.75) is 71.9 Å². The molecule has 0 radical (unpaired) electrons. The number of nitrogens with zero attached hydrogens (tertiary/aromatic N) is 2. The van der Waals surface area contributed by atoms with Gasteiger partial charge in [0.1, 0.15) is 0 Å². The summed E-state index contributed by atoms with van der Waals surface area (Å²) in [5.74, 6) is 0.670. The highest BCUT2D eigenvalue weighted by atomic mass is 16.4. The predicted molar refractivity (Wildman–Crippen MR) is 80.6 cm³/mol. The Labute approximate surface area is 121 Å². The van der Waals surface area contributed by atoms with Crippen molar-refractivity contribution in [3.63, 3.8) is 0 Å². The van der Waals surface area contributed by atoms with Crippen molar-refractivity contribution in [2.24, 2.45) is 5.41 Å². The molecule has 20 heavy (non-hydrogen) atoms. The van der Waals surface area contributed by atoms with E-state index in [1.54, 1.807) is 0 Å². The number of hydrogen-bond acceptors (Lipinski definition) is 5. The Morgan fingerprint density at radius 1 is 1.25 bits per heavy atom. The Morgan fingerprint density at radius 2 is 2.05 bits per heavy atom. The second-order valence-corrected chi connectivity index (χ2v) is 6.63. The van der Waals surface area contributed by atoms with Crippen molar-refractivity contribution in [1.82, 2.24) is 15.5 Å². The first-order valence-electron chi connectivity index (χ1n) is 7.89. The van der Waals surface area contributed by atoms with E-state index in [1.807, 2.05) is 0 Å². The molecule has 0 unspecified atom stereocenters. The highest BCUT2D eigenvalue weighted by Gasteiger charge is 2.21. The Hall–Kier alpha value is -1.10. The van der Waals surface area contributed by atoms with E-state index >= 15 is 0 Å². The fourth-order valence-electron chi connectivity index (χ4n) is 2.17. The minimum absolute atomic E-state index is 0.260. The van der Waals surface area contributed by atoms with Crippen LogP contribution < -0.4 is 10.6 Å². The predicted octanol–water partition coefficient (Wildman–Crippen LogP) is 3.34. The van der Waals surface area contributed by atoms with Gasteiger partial charge in [-0.2, -0.15) is 0 Å². The second-order valence-electron chi connectivity index (χ2n) is 6.63. The van der Waals surface area contributed by atoms with E-state index in [-0.39, 0.29) is 5.41 Å². The standard InChI is InChI=1S/C15H28N4O/c1-4-5-6-9-15(2,3)11-17-14-19-18-13(20-14)10-16-12-7-8-12/h12,16H,4-11H2,1-3H3,(H,17,19). The highest BCUT2D eigenvalue weighted by molar-refractivity contribution is 5.17. The normalized spacial score (nSPS) is 15.6. The van der Waals surface area contributed by atoms with Crippen LogP contribution in [0.3, 0.4) is 0 Å². The van der Waals surface area contributed by atoms with Crippen molar-refractivity contribution in [3.05, 3.63) is 5.89 Å². The van der Waals surface area contributed by atoms with Crippen LogP contribution in [0.5, 0.6) is 0 Å². The average Bonchev–Trinajstić information content (AvgIpc) is 3.13. The number of aromatic nitrogens is 2. The maximum absolute atomic E-state index is 5.59. The molecule has 1 saturated carbocycles. The summed E-state index contributed by atoms with van der Waals surface area (Å²) in [5, 5.41) is 14.7. The second kappa shape index (κ2) is 7.07. The van der Waals surface area contributed by atoms with Crippen molar-refractivity contribution in [1.29, 1.82) is 0 Å². The zero-order valence-electron chi connectivity index (χ0n) is 13.0. The van der Waals surface area contributed by atoms with Crippen LogP contribution in [0.1, 0.15) is 65.2 Å². The van der Waals surface area contributed by atoms with E-state index in [2.05, 4.69) is 41.6 Å². The molecule has 114 valence electrons. The molecule has 1 aromatic rings. The number of unbranched alkanes of at least 4 members (excludes halogenated alkanes) is 2. The van der Waals surface area contributed by atoms with Gasteiger partial charge in [0.25, 0.3) is 0 Å². The molecule has 1 fully saturated rings. The summed E-state index contributed by atoms with van der Waals surface area (Å²) < 4.78 is 5.59. The summed E-state index contributed by atoms with van der Waals surface area (Å²) in [7, 11) is 0. The first-order chi connectivity index (χ1) is 9.59. The Kier molecular flexibility index (Phi) is 5.40. The fourth-order valence-corrected chi connectivity index (χ4v) is 2.17. The van der Waals surface area contributed by atoms with E-state index in [4.69, 9.17) is 4.42 Å². The topological polar surface area (TPSA) is 63.0 Å². The largest absolute Gasteiger partial charge is 0.407 e. The van der Waals surface area contributed by atoms with Crippen LogP contribution in [0.4, 0.5) is 6.01 Å². The van der Waals surface area contributed by atoms with Gasteiger partial charge in [-0.1, -0.05) is 45.1 Å². The summed E-state index contributed by atoms with van der Waals surface area (Å²) >= 11 is 0. The van der Waals surface area contributed by atoms with Gasteiger partial charge in [-0.3, -0.25) is 0 Å². The van der Waals surface area contributed by atoms with Crippen LogP contribution in [-0.2, 0) is 6.54 Å². The van der Waals surface area contributed by atoms with Gasteiger partial charge in [0.2, 0.25) is 5.89 Å². The Balaban J connectivity index is 1.69. The first-order valence-corrected chi connectivity index (χ1v) is 7.89. The molecule has 1 heterocycles. The third-order valence-corrected chi connectivity index (χ3v) is 3.76. The van der Waals surface area contributed by atoms with E-state index in [0.29, 0.717) is 24.5 Å². The van der Waals surface area contributed by atoms with Gasteiger partial charge >= 0.3 is 6.01 Å². The van der Waals surface area contributed by atoms with Crippen LogP contribution in [0.15, 0.2) is 4.42 Å². The summed E-state index contributed by atoms with van der Waals surface area (Å²) in [6.07, 6.45) is 7.62. The lowest BCUT2D eigenvalue weighted by atomic mass is 9.87. The van der Waals surface area contributed by atoms with Crippen molar-refractivity contribution in [3.8, 4) is 0 Å². The van der Waals surface area contributed by atoms with Gasteiger partial charge < -0.3 is 15.1 Å². The fraction of sp³-hybridized carbons (Fsp3) is 0.867. The first kappa shape index (κ1) is 15.3. The maximum atomic E-state index is 5.59. The zero-order valence-corrected chi connectivity index (χ0v) is 13.0. The van der Waals surface area contributed by atoms with E-state index < -0.39 is 0 Å². The van der Waals surface area contributed by atoms with E-state index in [9.17, 15) is 0 Å². The lowest BCUT2D eigenvalue weighted by molar-refractivity contribution is 0.338. The molecule has 0 aromatic carbocycles. The van der Waals surface area contributed by atoms with Crippen LogP contribution in [0.2, 0.25) is 0 Å². The van der Waals surface area contributed by atoms with Crippen LogP contribution in [0.25, 0.3) is 0 Å². The number of rotatable bonds is 10. The van der Waals surface area contributed by atoms with Gasteiger partial charge in [0.15, 0.2) is 0 Å². The summed E-state index contributed by atoms with van der Waals surface area (Å²) in [5.41, 5.74) is 0.260. The highest BCUT2D eigenvalue weighted by Crippen LogP contribution is 2.24. The molecule has 5 heteroatoms. The van der Waals surface area contributed by atoms with E-state index in [1.165, 1.54) is 38.5 Å². The van der Waals surface area contributed by atoms with Gasteiger partial charge in [-0.15, -0.1) is 5.10 Å². The van der Waals surface area contributed by atoms with Gasteiger partial charge in [0.05, 0.1) is 6.54 Å². The molecule has 0 saturated heterocycles. The molecule has 0 spiro atoms. The quantitative estimate of drug-likeness (QED) is 0.644. The molecule has 1 aliphatic carbocycles. The Morgan fingerprint density at radius 3 is 2.75 bits per heavy atom. The van der Waals surface area contributed by atoms with Crippen molar-refractivity contribution in [2.75, 3.05) is 11.9 Å². The molecule has 2 N–H and O–H groups in total. The summed E-state index contributed by atoms with van der Waals surface area (Å²) in [6, 6.07) is 1.21. The molecular weight excluding hydrogens is 252 g/mol. The van der Waals surface area contributed by atoms with Crippen LogP contribution >= 0.6 is 0 Å². The van der Waals surface area contributed by atoms with Crippen LogP contribution in [0, 0.1) is 5.41 Å². The molecule has 0 aliphatic heterocycles. The van der Waals surface area contributed by atoms with Gasteiger partial charge in [0, 0.05) is 12.6 Å². The molecule has 0 bridgehead atoms. The van der Waals surface area contributed by atoms with Gasteiger partial charge in [-0.25, -0.2) is 0 Å². The lowest BCUT2D eigenvalue weighted by Gasteiger charge is -2.24. The maximum Gasteiger partial charge on any atom is 0.315 e. The molecule has 5 nitrogen and oxygen atoms in total. The van der Waals surface area contributed by atoms with E-state index in [0.717, 1.165) is 6.54 Å². The molecular formula is C15H28N4O. The van der Waals surface area contributed by atoms with Crippen molar-refractivity contribution < 1.29 is 4.42 Å². The Bertz CT molecular complexity index is 398. The van der Waals surface area contributed by atoms with Crippen LogP contribution in [-0.4, -0.2) is 22.8 Å². The number of anilines is 1. The lowest BCUT2D eigenvalue weighted by Crippen LogP contribution is -2.23. The minimum atomic E-state index is 0.260. The molecule has 1 aromatic heterocycles. The number of nitrogens with one attached hydrogen (secondary N) is 2. The minimum Gasteiger partial charge on any atom is -0.407 e. The third-order valence-electron chi connectivity index (χ3n) is 3.76. The van der Waals surface area contributed by atoms with Gasteiger partial charge in [-0.05, 0) is 24.7 Å².